The number of H-pyrrole nitrogens is 1. The molecule has 0 spiro atoms. The molecular weight excluding hydrogens is 520 g/mol. The Bertz CT molecular complexity index is 1020. The van der Waals surface area contributed by atoms with Gasteiger partial charge in [-0.1, -0.05) is 30.3 Å². The molecular formula is C20H18Br2N4O4. The van der Waals surface area contributed by atoms with Crippen molar-refractivity contribution in [3.8, 4) is 11.5 Å². The lowest BCUT2D eigenvalue weighted by Crippen LogP contribution is -2.34. The number of carbonyl (C=O) groups excluding carboxylic acids is 2. The molecule has 10 heteroatoms. The minimum Gasteiger partial charge on any atom is -0.487 e. The van der Waals surface area contributed by atoms with Gasteiger partial charge in [-0.15, -0.1) is 0 Å². The highest BCUT2D eigenvalue weighted by molar-refractivity contribution is 9.13. The van der Waals surface area contributed by atoms with Crippen molar-refractivity contribution in [2.45, 2.75) is 6.61 Å². The number of hydrazine groups is 1. The first-order valence-corrected chi connectivity index (χ1v) is 10.3. The fourth-order valence-electron chi connectivity index (χ4n) is 2.46. The predicted octanol–water partition coefficient (Wildman–Crippen LogP) is 3.74. The number of ether oxygens (including phenoxy) is 2. The molecule has 0 unspecified atom stereocenters. The quantitative estimate of drug-likeness (QED) is 0.198. The van der Waals surface area contributed by atoms with Gasteiger partial charge in [0.05, 0.1) is 14.8 Å². The molecule has 0 bridgehead atoms. The van der Waals surface area contributed by atoms with Crippen LogP contribution in [0, 0.1) is 0 Å². The zero-order chi connectivity index (χ0) is 21.5. The number of aromatic nitrogens is 1. The molecule has 0 saturated carbocycles. The number of nitrogens with one attached hydrogen (secondary N) is 3. The van der Waals surface area contributed by atoms with Crippen LogP contribution >= 0.6 is 31.9 Å². The van der Waals surface area contributed by atoms with E-state index in [1.165, 1.54) is 0 Å². The van der Waals surface area contributed by atoms with Gasteiger partial charge in [0, 0.05) is 6.07 Å². The summed E-state index contributed by atoms with van der Waals surface area (Å²) in [7, 11) is 0. The van der Waals surface area contributed by atoms with Crippen LogP contribution < -0.4 is 26.1 Å². The van der Waals surface area contributed by atoms with Crippen molar-refractivity contribution in [1.29, 1.82) is 0 Å². The van der Waals surface area contributed by atoms with E-state index < -0.39 is 5.91 Å². The van der Waals surface area contributed by atoms with Gasteiger partial charge in [0.15, 0.2) is 6.61 Å². The Kier molecular flexibility index (Phi) is 7.50. The number of rotatable bonds is 8. The molecule has 0 saturated heterocycles. The smallest absolute Gasteiger partial charge is 0.272 e. The van der Waals surface area contributed by atoms with Crippen molar-refractivity contribution in [3.63, 3.8) is 0 Å². The summed E-state index contributed by atoms with van der Waals surface area (Å²) >= 11 is 6.65. The van der Waals surface area contributed by atoms with Gasteiger partial charge in [0.25, 0.3) is 11.8 Å². The predicted molar refractivity (Wildman–Crippen MR) is 119 cm³/mol. The molecule has 2 aromatic carbocycles. The van der Waals surface area contributed by atoms with Crippen molar-refractivity contribution in [2.24, 2.45) is 5.84 Å². The number of anilines is 1. The van der Waals surface area contributed by atoms with Crippen molar-refractivity contribution in [1.82, 2.24) is 10.4 Å². The summed E-state index contributed by atoms with van der Waals surface area (Å²) in [6, 6.07) is 16.1. The van der Waals surface area contributed by atoms with E-state index in [0.29, 0.717) is 27.5 Å². The van der Waals surface area contributed by atoms with E-state index in [0.717, 1.165) is 10.0 Å². The number of carbonyl (C=O) groups is 2. The Morgan fingerprint density at radius 2 is 1.80 bits per heavy atom. The molecule has 5 N–H and O–H groups in total. The van der Waals surface area contributed by atoms with Crippen LogP contribution in [0.15, 0.2) is 63.7 Å². The van der Waals surface area contributed by atoms with Crippen LogP contribution in [0.25, 0.3) is 0 Å². The minimum absolute atomic E-state index is 0.245. The lowest BCUT2D eigenvalue weighted by atomic mass is 10.2. The third-order valence-corrected chi connectivity index (χ3v) is 5.72. The second-order valence-electron chi connectivity index (χ2n) is 6.09. The topological polar surface area (TPSA) is 118 Å². The summed E-state index contributed by atoms with van der Waals surface area (Å²) < 4.78 is 12.7. The Hall–Kier alpha value is -2.82. The normalized spacial score (nSPS) is 10.4. The van der Waals surface area contributed by atoms with E-state index in [-0.39, 0.29) is 19.1 Å². The van der Waals surface area contributed by atoms with E-state index in [2.05, 4.69) is 42.2 Å². The SMILES string of the molecule is NNC(=O)COc1ccc(NC(=O)c2cc(Br)c(Br)[nH]2)c(OCc2ccccc2)c1. The molecule has 3 aromatic rings. The zero-order valence-corrected chi connectivity index (χ0v) is 18.7. The molecule has 0 atom stereocenters. The molecule has 3 rings (SSSR count). The van der Waals surface area contributed by atoms with E-state index in [4.69, 9.17) is 15.3 Å². The molecule has 0 aliphatic heterocycles. The van der Waals surface area contributed by atoms with Crippen LogP contribution in [0.3, 0.4) is 0 Å². The van der Waals surface area contributed by atoms with Gasteiger partial charge in [0.1, 0.15) is 23.8 Å². The second kappa shape index (κ2) is 10.3. The highest BCUT2D eigenvalue weighted by atomic mass is 79.9. The number of nitrogens with two attached hydrogens (primary N) is 1. The Morgan fingerprint density at radius 1 is 1.03 bits per heavy atom. The molecule has 1 aromatic heterocycles. The summed E-state index contributed by atoms with van der Waals surface area (Å²) in [6.45, 7) is 0.0426. The Balaban J connectivity index is 1.80. The van der Waals surface area contributed by atoms with Gasteiger partial charge in [-0.05, 0) is 55.6 Å². The van der Waals surface area contributed by atoms with E-state index in [9.17, 15) is 9.59 Å². The fraction of sp³-hybridized carbons (Fsp3) is 0.100. The maximum Gasteiger partial charge on any atom is 0.272 e. The molecule has 30 heavy (non-hydrogen) atoms. The van der Waals surface area contributed by atoms with Crippen molar-refractivity contribution in [2.75, 3.05) is 11.9 Å². The first-order valence-electron chi connectivity index (χ1n) is 8.74. The summed E-state index contributed by atoms with van der Waals surface area (Å²) in [6.07, 6.45) is 0. The van der Waals surface area contributed by atoms with Gasteiger partial charge in [0.2, 0.25) is 0 Å². The Morgan fingerprint density at radius 3 is 2.47 bits per heavy atom. The monoisotopic (exact) mass is 536 g/mol. The summed E-state index contributed by atoms with van der Waals surface area (Å²) in [5, 5.41) is 2.82. The van der Waals surface area contributed by atoms with E-state index in [1.54, 1.807) is 24.3 Å². The standard InChI is InChI=1S/C20H18Br2N4O4/c21-14-9-16(24-19(14)22)20(28)25-15-7-6-13(29-11-18(27)26-23)8-17(15)30-10-12-4-2-1-3-5-12/h1-9,24H,10-11,23H2,(H,25,28)(H,26,27). The number of benzene rings is 2. The van der Waals surface area contributed by atoms with Gasteiger partial charge in [-0.3, -0.25) is 15.0 Å². The average molecular weight is 538 g/mol. The number of halogens is 2. The van der Waals surface area contributed by atoms with E-state index >= 15 is 0 Å². The first-order chi connectivity index (χ1) is 14.5. The van der Waals surface area contributed by atoms with Crippen LogP contribution in [0.2, 0.25) is 0 Å². The number of aromatic amines is 1. The van der Waals surface area contributed by atoms with Gasteiger partial charge in [-0.2, -0.15) is 0 Å². The minimum atomic E-state index is -0.470. The van der Waals surface area contributed by atoms with Crippen LogP contribution in [-0.4, -0.2) is 23.4 Å². The Labute approximate surface area is 189 Å². The van der Waals surface area contributed by atoms with Crippen LogP contribution in [0.1, 0.15) is 16.1 Å². The fourth-order valence-corrected chi connectivity index (χ4v) is 3.11. The lowest BCUT2D eigenvalue weighted by Gasteiger charge is -2.14. The lowest BCUT2D eigenvalue weighted by molar-refractivity contribution is -0.123. The highest BCUT2D eigenvalue weighted by Gasteiger charge is 2.15. The molecule has 2 amide bonds. The largest absolute Gasteiger partial charge is 0.487 e. The zero-order valence-electron chi connectivity index (χ0n) is 15.6. The van der Waals surface area contributed by atoms with Crippen LogP contribution in [0.4, 0.5) is 5.69 Å². The molecule has 0 radical (unpaired) electrons. The highest BCUT2D eigenvalue weighted by Crippen LogP contribution is 2.31. The van der Waals surface area contributed by atoms with Crippen LogP contribution in [0.5, 0.6) is 11.5 Å². The third-order valence-electron chi connectivity index (χ3n) is 3.94. The number of hydrogen-bond donors (Lipinski definition) is 4. The molecule has 0 aliphatic carbocycles. The molecule has 0 fully saturated rings. The van der Waals surface area contributed by atoms with Gasteiger partial charge in [-0.25, -0.2) is 5.84 Å². The van der Waals surface area contributed by atoms with Crippen LogP contribution in [-0.2, 0) is 11.4 Å². The average Bonchev–Trinajstić information content (AvgIpc) is 3.10. The summed E-state index contributed by atoms with van der Waals surface area (Å²) in [5.74, 6) is 5.03. The summed E-state index contributed by atoms with van der Waals surface area (Å²) in [5.41, 5.74) is 3.77. The molecule has 156 valence electrons. The van der Waals surface area contributed by atoms with Crippen molar-refractivity contribution < 1.29 is 19.1 Å². The van der Waals surface area contributed by atoms with Gasteiger partial charge >= 0.3 is 0 Å². The summed E-state index contributed by atoms with van der Waals surface area (Å²) in [4.78, 5) is 26.9. The molecule has 8 nitrogen and oxygen atoms in total. The van der Waals surface area contributed by atoms with E-state index in [1.807, 2.05) is 35.8 Å². The second-order valence-corrected chi connectivity index (χ2v) is 7.73. The number of amides is 2. The molecule has 1 heterocycles. The maximum atomic E-state index is 12.6. The van der Waals surface area contributed by atoms with Gasteiger partial charge < -0.3 is 19.8 Å². The first kappa shape index (κ1) is 21.9. The van der Waals surface area contributed by atoms with Crippen molar-refractivity contribution in [3.05, 3.63) is 74.9 Å². The number of hydrogen-bond acceptors (Lipinski definition) is 5. The molecule has 0 aliphatic rings. The maximum absolute atomic E-state index is 12.6. The van der Waals surface area contributed by atoms with Crippen molar-refractivity contribution >= 4 is 49.4 Å². The third kappa shape index (κ3) is 5.85.